The van der Waals surface area contributed by atoms with Crippen molar-refractivity contribution in [2.75, 3.05) is 27.3 Å². The van der Waals surface area contributed by atoms with Crippen molar-refractivity contribution >= 4 is 11.9 Å². The Morgan fingerprint density at radius 2 is 1.86 bits per heavy atom. The lowest BCUT2D eigenvalue weighted by molar-refractivity contribution is -0.133. The van der Waals surface area contributed by atoms with Crippen LogP contribution in [0, 0.1) is 11.3 Å². The summed E-state index contributed by atoms with van der Waals surface area (Å²) < 4.78 is 16.1. The number of carbonyl (C=O) groups excluding carboxylic acids is 2. The maximum Gasteiger partial charge on any atom is 0.338 e. The summed E-state index contributed by atoms with van der Waals surface area (Å²) >= 11 is 0. The zero-order valence-corrected chi connectivity index (χ0v) is 15.9. The van der Waals surface area contributed by atoms with Crippen molar-refractivity contribution in [1.82, 2.24) is 4.90 Å². The van der Waals surface area contributed by atoms with Gasteiger partial charge < -0.3 is 19.1 Å². The van der Waals surface area contributed by atoms with E-state index in [-0.39, 0.29) is 24.4 Å². The summed E-state index contributed by atoms with van der Waals surface area (Å²) in [6.45, 7) is 0.258. The van der Waals surface area contributed by atoms with Crippen molar-refractivity contribution < 1.29 is 23.8 Å². The number of benzene rings is 2. The summed E-state index contributed by atoms with van der Waals surface area (Å²) in [5.41, 5.74) is 1.25. The molecule has 0 saturated heterocycles. The Morgan fingerprint density at radius 3 is 2.54 bits per heavy atom. The topological polar surface area (TPSA) is 88.9 Å². The lowest BCUT2D eigenvalue weighted by atomic mass is 10.2. The molecular formula is C21H22N2O5. The van der Waals surface area contributed by atoms with Gasteiger partial charge in [-0.1, -0.05) is 30.3 Å². The quantitative estimate of drug-likeness (QED) is 0.620. The highest BCUT2D eigenvalue weighted by molar-refractivity contribution is 5.92. The molecule has 146 valence electrons. The molecule has 0 unspecified atom stereocenters. The van der Waals surface area contributed by atoms with Crippen molar-refractivity contribution in [3.8, 4) is 17.6 Å². The predicted octanol–water partition coefficient (Wildman–Crippen LogP) is 2.80. The summed E-state index contributed by atoms with van der Waals surface area (Å²) in [6, 6.07) is 16.3. The van der Waals surface area contributed by atoms with Crippen LogP contribution in [0.2, 0.25) is 0 Å². The van der Waals surface area contributed by atoms with E-state index in [1.54, 1.807) is 19.2 Å². The molecule has 28 heavy (non-hydrogen) atoms. The molecule has 0 bridgehead atoms. The number of carbonyl (C=O) groups is 2. The Hall–Kier alpha value is -3.53. The Balaban J connectivity index is 1.95. The molecule has 1 amide bonds. The highest BCUT2D eigenvalue weighted by Gasteiger charge is 2.16. The molecule has 0 aromatic heterocycles. The van der Waals surface area contributed by atoms with Crippen molar-refractivity contribution in [2.24, 2.45) is 0 Å². The maximum absolute atomic E-state index is 12.2. The molecule has 0 spiro atoms. The minimum atomic E-state index is -0.644. The average Bonchev–Trinajstić information content (AvgIpc) is 2.74. The lowest BCUT2D eigenvalue weighted by Crippen LogP contribution is -2.31. The first-order valence-corrected chi connectivity index (χ1v) is 8.68. The van der Waals surface area contributed by atoms with Gasteiger partial charge in [0.25, 0.3) is 5.91 Å². The van der Waals surface area contributed by atoms with Crippen LogP contribution in [0.25, 0.3) is 0 Å². The Morgan fingerprint density at radius 1 is 1.11 bits per heavy atom. The van der Waals surface area contributed by atoms with E-state index in [1.807, 2.05) is 36.4 Å². The summed E-state index contributed by atoms with van der Waals surface area (Å²) in [6.07, 6.45) is 0.220. The zero-order valence-electron chi connectivity index (χ0n) is 15.9. The van der Waals surface area contributed by atoms with E-state index in [4.69, 9.17) is 19.5 Å². The number of rotatable bonds is 9. The third-order valence-electron chi connectivity index (χ3n) is 3.95. The Bertz CT molecular complexity index is 846. The number of amides is 1. The number of hydrogen-bond donors (Lipinski definition) is 0. The molecule has 0 atom stereocenters. The van der Waals surface area contributed by atoms with Crippen LogP contribution in [0.1, 0.15) is 22.3 Å². The summed E-state index contributed by atoms with van der Waals surface area (Å²) in [7, 11) is 3.03. The molecule has 2 aromatic rings. The van der Waals surface area contributed by atoms with E-state index >= 15 is 0 Å². The fourth-order valence-electron chi connectivity index (χ4n) is 2.31. The summed E-state index contributed by atoms with van der Waals surface area (Å²) in [5, 5.41) is 8.54. The van der Waals surface area contributed by atoms with Gasteiger partial charge in [0.2, 0.25) is 0 Å². The number of nitrogens with zero attached hydrogens (tertiary/aromatic N) is 2. The molecular weight excluding hydrogens is 360 g/mol. The van der Waals surface area contributed by atoms with Crippen molar-refractivity contribution in [3.63, 3.8) is 0 Å². The molecule has 2 aromatic carbocycles. The number of ether oxygens (including phenoxy) is 3. The second-order valence-corrected chi connectivity index (χ2v) is 5.94. The highest BCUT2D eigenvalue weighted by atomic mass is 16.5. The monoisotopic (exact) mass is 382 g/mol. The number of methoxy groups -OCH3 is 1. The molecule has 2 rings (SSSR count). The number of hydrogen-bond acceptors (Lipinski definition) is 6. The van der Waals surface area contributed by atoms with Gasteiger partial charge in [0.15, 0.2) is 18.1 Å². The first-order chi connectivity index (χ1) is 13.5. The van der Waals surface area contributed by atoms with Gasteiger partial charge in [-0.05, 0) is 23.8 Å². The van der Waals surface area contributed by atoms with Gasteiger partial charge in [-0.25, -0.2) is 4.79 Å². The van der Waals surface area contributed by atoms with Gasteiger partial charge in [0.1, 0.15) is 6.61 Å². The minimum absolute atomic E-state index is 0.220. The number of likely N-dealkylation sites (N-methyl/N-ethyl adjacent to an activating group) is 1. The van der Waals surface area contributed by atoms with Crippen LogP contribution >= 0.6 is 0 Å². The van der Waals surface area contributed by atoms with Crippen molar-refractivity contribution in [1.29, 1.82) is 5.26 Å². The molecule has 0 aliphatic heterocycles. The normalized spacial score (nSPS) is 9.89. The van der Waals surface area contributed by atoms with Crippen LogP contribution in [0.4, 0.5) is 0 Å². The molecule has 0 heterocycles. The van der Waals surface area contributed by atoms with Gasteiger partial charge in [0.05, 0.1) is 25.2 Å². The van der Waals surface area contributed by atoms with Crippen LogP contribution in [0.3, 0.4) is 0 Å². The molecule has 0 radical (unpaired) electrons. The smallest absolute Gasteiger partial charge is 0.338 e. The number of nitriles is 1. The van der Waals surface area contributed by atoms with E-state index in [0.717, 1.165) is 5.56 Å². The minimum Gasteiger partial charge on any atom is -0.493 e. The predicted molar refractivity (Wildman–Crippen MR) is 102 cm³/mol. The molecule has 0 saturated carbocycles. The molecule has 0 N–H and O–H groups in total. The van der Waals surface area contributed by atoms with Crippen LogP contribution in [-0.2, 0) is 16.1 Å². The molecule has 7 heteroatoms. The van der Waals surface area contributed by atoms with Crippen molar-refractivity contribution in [3.05, 3.63) is 59.7 Å². The number of esters is 1. The highest BCUT2D eigenvalue weighted by Crippen LogP contribution is 2.29. The second kappa shape index (κ2) is 10.6. The maximum atomic E-state index is 12.2. The first kappa shape index (κ1) is 20.8. The van der Waals surface area contributed by atoms with Gasteiger partial charge in [-0.15, -0.1) is 0 Å². The van der Waals surface area contributed by atoms with Crippen LogP contribution in [0.5, 0.6) is 11.5 Å². The van der Waals surface area contributed by atoms with Gasteiger partial charge in [-0.2, -0.15) is 5.26 Å². The molecule has 7 nitrogen and oxygen atoms in total. The Labute approximate surface area is 164 Å². The fraction of sp³-hybridized carbons (Fsp3) is 0.286. The van der Waals surface area contributed by atoms with E-state index in [1.165, 1.54) is 18.1 Å². The SMILES string of the molecule is COc1cc(C(=O)OCC(=O)N(C)CCC#N)ccc1OCc1ccccc1. The van der Waals surface area contributed by atoms with E-state index in [2.05, 4.69) is 0 Å². The van der Waals surface area contributed by atoms with Crippen LogP contribution in [0.15, 0.2) is 48.5 Å². The van der Waals surface area contributed by atoms with Crippen molar-refractivity contribution in [2.45, 2.75) is 13.0 Å². The van der Waals surface area contributed by atoms with Gasteiger partial charge >= 0.3 is 5.97 Å². The molecule has 0 fully saturated rings. The largest absolute Gasteiger partial charge is 0.493 e. The van der Waals surface area contributed by atoms with E-state index in [0.29, 0.717) is 18.1 Å². The second-order valence-electron chi connectivity index (χ2n) is 5.94. The standard InChI is InChI=1S/C21H22N2O5/c1-23(12-6-11-22)20(24)15-28-21(25)17-9-10-18(19(13-17)26-2)27-14-16-7-4-3-5-8-16/h3-5,7-10,13H,6,12,14-15H2,1-2H3. The summed E-state index contributed by atoms with van der Waals surface area (Å²) in [5.74, 6) is -0.133. The molecule has 0 aliphatic rings. The fourth-order valence-corrected chi connectivity index (χ4v) is 2.31. The Kier molecular flexibility index (Phi) is 7.85. The lowest BCUT2D eigenvalue weighted by Gasteiger charge is -2.15. The molecule has 0 aliphatic carbocycles. The third kappa shape index (κ3) is 6.02. The van der Waals surface area contributed by atoms with E-state index < -0.39 is 12.6 Å². The zero-order chi connectivity index (χ0) is 20.4. The van der Waals surface area contributed by atoms with Gasteiger partial charge in [0, 0.05) is 13.6 Å². The average molecular weight is 382 g/mol. The third-order valence-corrected chi connectivity index (χ3v) is 3.95. The first-order valence-electron chi connectivity index (χ1n) is 8.68. The van der Waals surface area contributed by atoms with Crippen LogP contribution < -0.4 is 9.47 Å². The van der Waals surface area contributed by atoms with E-state index in [9.17, 15) is 9.59 Å². The summed E-state index contributed by atoms with van der Waals surface area (Å²) in [4.78, 5) is 25.4. The van der Waals surface area contributed by atoms with Gasteiger partial charge in [-0.3, -0.25) is 4.79 Å². The van der Waals surface area contributed by atoms with Crippen LogP contribution in [-0.4, -0.2) is 44.1 Å².